The van der Waals surface area contributed by atoms with Gasteiger partial charge < -0.3 is 9.84 Å². The molecule has 1 N–H and O–H groups in total. The molecule has 1 fully saturated rings. The summed E-state index contributed by atoms with van der Waals surface area (Å²) < 4.78 is 19.3. The predicted octanol–water partition coefficient (Wildman–Crippen LogP) is 4.17. The molecule has 0 aliphatic carbocycles. The van der Waals surface area contributed by atoms with E-state index in [1.165, 1.54) is 35.4 Å². The molecule has 160 valence electrons. The van der Waals surface area contributed by atoms with Crippen LogP contribution in [0.5, 0.6) is 5.75 Å². The van der Waals surface area contributed by atoms with Gasteiger partial charge >= 0.3 is 5.91 Å². The molecule has 3 aromatic rings. The Labute approximate surface area is 183 Å². The molecular weight excluding hydrogens is 411 g/mol. The topological polar surface area (TPSA) is 79.7 Å². The largest absolute Gasteiger partial charge is 0.507 e. The number of carbonyl (C=O) groups excluding carboxylic acids is 2. The molecule has 32 heavy (non-hydrogen) atoms. The highest BCUT2D eigenvalue weighted by molar-refractivity contribution is 6.51. The fourth-order valence-corrected chi connectivity index (χ4v) is 4.25. The Kier molecular flexibility index (Phi) is 4.74. The van der Waals surface area contributed by atoms with Gasteiger partial charge in [-0.1, -0.05) is 18.2 Å². The first-order valence-corrected chi connectivity index (χ1v) is 10.2. The van der Waals surface area contributed by atoms with Crippen LogP contribution in [0.1, 0.15) is 29.7 Å². The lowest BCUT2D eigenvalue weighted by Gasteiger charge is -2.24. The molecule has 1 amide bonds. The number of aliphatic hydroxyl groups excluding tert-OH is 1. The summed E-state index contributed by atoms with van der Waals surface area (Å²) in [5.74, 6) is -1.38. The fourth-order valence-electron chi connectivity index (χ4n) is 4.25. The van der Waals surface area contributed by atoms with E-state index in [1.807, 2.05) is 6.92 Å². The molecule has 0 bridgehead atoms. The van der Waals surface area contributed by atoms with Crippen molar-refractivity contribution in [3.05, 3.63) is 94.9 Å². The van der Waals surface area contributed by atoms with Crippen LogP contribution in [0, 0.1) is 5.82 Å². The molecule has 7 heteroatoms. The van der Waals surface area contributed by atoms with Crippen LogP contribution < -0.4 is 9.64 Å². The van der Waals surface area contributed by atoms with Crippen molar-refractivity contribution in [1.29, 1.82) is 0 Å². The summed E-state index contributed by atoms with van der Waals surface area (Å²) in [5.41, 5.74) is 1.74. The van der Waals surface area contributed by atoms with E-state index in [4.69, 9.17) is 4.74 Å². The molecular formula is C25H19FN2O4. The number of amides is 1. The van der Waals surface area contributed by atoms with Crippen LogP contribution in [0.3, 0.4) is 0 Å². The van der Waals surface area contributed by atoms with Crippen molar-refractivity contribution in [2.75, 3.05) is 4.90 Å². The number of nitrogens with zero attached hydrogens (tertiary/aromatic N) is 2. The Morgan fingerprint density at radius 1 is 1.12 bits per heavy atom. The lowest BCUT2D eigenvalue weighted by molar-refractivity contribution is -0.132. The number of halogens is 1. The van der Waals surface area contributed by atoms with Crippen molar-refractivity contribution >= 4 is 23.3 Å². The van der Waals surface area contributed by atoms with E-state index in [0.29, 0.717) is 17.5 Å². The zero-order chi connectivity index (χ0) is 22.4. The highest BCUT2D eigenvalue weighted by Gasteiger charge is 2.47. The number of ketones is 1. The van der Waals surface area contributed by atoms with E-state index >= 15 is 0 Å². The summed E-state index contributed by atoms with van der Waals surface area (Å²) in [5, 5.41) is 11.2. The van der Waals surface area contributed by atoms with Gasteiger partial charge in [-0.3, -0.25) is 14.5 Å². The molecule has 1 saturated heterocycles. The summed E-state index contributed by atoms with van der Waals surface area (Å²) >= 11 is 0. The molecule has 0 radical (unpaired) electrons. The first-order chi connectivity index (χ1) is 15.4. The second-order valence-electron chi connectivity index (χ2n) is 7.86. The number of carbonyl (C=O) groups is 2. The van der Waals surface area contributed by atoms with Gasteiger partial charge in [0.2, 0.25) is 0 Å². The molecule has 1 aromatic heterocycles. The van der Waals surface area contributed by atoms with Crippen molar-refractivity contribution in [2.24, 2.45) is 0 Å². The van der Waals surface area contributed by atoms with Gasteiger partial charge in [0.05, 0.1) is 11.6 Å². The van der Waals surface area contributed by atoms with Crippen molar-refractivity contribution < 1.29 is 23.8 Å². The number of ether oxygens (including phenoxy) is 1. The number of pyridine rings is 1. The zero-order valence-electron chi connectivity index (χ0n) is 17.2. The summed E-state index contributed by atoms with van der Waals surface area (Å²) in [4.78, 5) is 31.6. The summed E-state index contributed by atoms with van der Waals surface area (Å²) in [6.45, 7) is 1.95. The highest BCUT2D eigenvalue weighted by Crippen LogP contribution is 2.42. The third kappa shape index (κ3) is 3.22. The smallest absolute Gasteiger partial charge is 0.301 e. The normalized spacial score (nSPS) is 21.5. The van der Waals surface area contributed by atoms with Gasteiger partial charge in [0.25, 0.3) is 5.78 Å². The van der Waals surface area contributed by atoms with E-state index in [-0.39, 0.29) is 23.3 Å². The van der Waals surface area contributed by atoms with Gasteiger partial charge in [-0.25, -0.2) is 9.37 Å². The van der Waals surface area contributed by atoms with Crippen molar-refractivity contribution in [3.8, 4) is 5.75 Å². The maximum absolute atomic E-state index is 13.6. The predicted molar refractivity (Wildman–Crippen MR) is 116 cm³/mol. The first kappa shape index (κ1) is 19.9. The van der Waals surface area contributed by atoms with E-state index < -0.39 is 23.5 Å². The van der Waals surface area contributed by atoms with E-state index in [1.54, 1.807) is 36.4 Å². The van der Waals surface area contributed by atoms with Crippen LogP contribution in [-0.4, -0.2) is 27.9 Å². The Bertz CT molecular complexity index is 1250. The second kappa shape index (κ2) is 7.60. The molecule has 2 unspecified atom stereocenters. The maximum atomic E-state index is 13.6. The number of hydrogen-bond donors (Lipinski definition) is 1. The van der Waals surface area contributed by atoms with E-state index in [2.05, 4.69) is 4.98 Å². The number of aliphatic hydroxyl groups is 1. The summed E-state index contributed by atoms with van der Waals surface area (Å²) in [6.07, 6.45) is 2.22. The minimum Gasteiger partial charge on any atom is -0.507 e. The van der Waals surface area contributed by atoms with E-state index in [0.717, 1.165) is 11.3 Å². The molecule has 5 rings (SSSR count). The molecule has 0 spiro atoms. The lowest BCUT2D eigenvalue weighted by atomic mass is 9.94. The Morgan fingerprint density at radius 2 is 1.91 bits per heavy atom. The minimum atomic E-state index is -0.950. The molecule has 2 atom stereocenters. The fraction of sp³-hybridized carbons (Fsp3) is 0.160. The number of aromatic nitrogens is 1. The minimum absolute atomic E-state index is 0.0244. The van der Waals surface area contributed by atoms with Crippen LogP contribution in [0.4, 0.5) is 10.2 Å². The molecule has 2 aliphatic rings. The summed E-state index contributed by atoms with van der Waals surface area (Å²) in [7, 11) is 0. The molecule has 2 aliphatic heterocycles. The molecule has 3 heterocycles. The Balaban J connectivity index is 1.69. The average molecular weight is 430 g/mol. The first-order valence-electron chi connectivity index (χ1n) is 10.2. The quantitative estimate of drug-likeness (QED) is 0.383. The van der Waals surface area contributed by atoms with E-state index in [9.17, 15) is 19.1 Å². The van der Waals surface area contributed by atoms with Crippen LogP contribution in [0.2, 0.25) is 0 Å². The van der Waals surface area contributed by atoms with Crippen LogP contribution in [0.25, 0.3) is 5.76 Å². The van der Waals surface area contributed by atoms with Gasteiger partial charge in [0.1, 0.15) is 29.2 Å². The third-order valence-corrected chi connectivity index (χ3v) is 5.70. The van der Waals surface area contributed by atoms with Crippen molar-refractivity contribution in [1.82, 2.24) is 4.98 Å². The monoisotopic (exact) mass is 430 g/mol. The highest BCUT2D eigenvalue weighted by atomic mass is 19.1. The second-order valence-corrected chi connectivity index (χ2v) is 7.86. The van der Waals surface area contributed by atoms with Gasteiger partial charge in [-0.2, -0.15) is 0 Å². The van der Waals surface area contributed by atoms with Gasteiger partial charge in [-0.15, -0.1) is 0 Å². The molecule has 2 aromatic carbocycles. The number of anilines is 1. The van der Waals surface area contributed by atoms with Gasteiger partial charge in [-0.05, 0) is 60.5 Å². The average Bonchev–Trinajstić information content (AvgIpc) is 3.30. The number of rotatable bonds is 3. The molecule has 0 saturated carbocycles. The van der Waals surface area contributed by atoms with Gasteiger partial charge in [0, 0.05) is 18.2 Å². The number of hydrogen-bond acceptors (Lipinski definition) is 5. The van der Waals surface area contributed by atoms with Crippen LogP contribution >= 0.6 is 0 Å². The maximum Gasteiger partial charge on any atom is 0.301 e. The van der Waals surface area contributed by atoms with Crippen molar-refractivity contribution in [3.63, 3.8) is 0 Å². The standard InChI is InChI=1S/C25H19FN2O4/c1-14-12-17-13-16(7-10-19(17)32-14)23(29)21-22(15-5-8-18(26)9-6-15)28(25(31)24(21)30)20-4-2-3-11-27-20/h2-11,13-14,22,29H,12H2,1H3/b23-21+. The Hall–Kier alpha value is -4.00. The van der Waals surface area contributed by atoms with Crippen molar-refractivity contribution in [2.45, 2.75) is 25.5 Å². The molecule has 6 nitrogen and oxygen atoms in total. The number of benzene rings is 2. The van der Waals surface area contributed by atoms with Gasteiger partial charge in [0.15, 0.2) is 0 Å². The number of fused-ring (bicyclic) bond motifs is 1. The number of Topliss-reactive ketones (excluding diaryl/α,β-unsaturated/α-hetero) is 1. The lowest BCUT2D eigenvalue weighted by Crippen LogP contribution is -2.30. The summed E-state index contributed by atoms with van der Waals surface area (Å²) in [6, 6.07) is 14.7. The SMILES string of the molecule is CC1Cc2cc(/C(O)=C3\C(=O)C(=O)N(c4ccccn4)C3c3ccc(F)cc3)ccc2O1. The zero-order valence-corrected chi connectivity index (χ0v) is 17.2. The third-order valence-electron chi connectivity index (χ3n) is 5.70. The van der Waals surface area contributed by atoms with Crippen LogP contribution in [-0.2, 0) is 16.0 Å². The van der Waals surface area contributed by atoms with Crippen LogP contribution in [0.15, 0.2) is 72.4 Å². The Morgan fingerprint density at radius 3 is 2.62 bits per heavy atom.